The third-order valence-electron chi connectivity index (χ3n) is 3.11. The Labute approximate surface area is 101 Å². The lowest BCUT2D eigenvalue weighted by Crippen LogP contribution is -2.36. The molecule has 0 bridgehead atoms. The van der Waals surface area contributed by atoms with Crippen molar-refractivity contribution in [2.45, 2.75) is 26.7 Å². The largest absolute Gasteiger partial charge is 0.359 e. The summed E-state index contributed by atoms with van der Waals surface area (Å²) in [6, 6.07) is 0. The molecule has 1 fully saturated rings. The highest BCUT2D eigenvalue weighted by molar-refractivity contribution is 7.09. The fraction of sp³-hybridized carbons (Fsp3) is 0.818. The van der Waals surface area contributed by atoms with Crippen molar-refractivity contribution in [3.05, 3.63) is 5.82 Å². The summed E-state index contributed by atoms with van der Waals surface area (Å²) < 4.78 is 4.15. The Morgan fingerprint density at radius 1 is 1.44 bits per heavy atom. The number of aromatic nitrogens is 2. The first kappa shape index (κ1) is 11.8. The van der Waals surface area contributed by atoms with Crippen LogP contribution in [0.2, 0.25) is 0 Å². The van der Waals surface area contributed by atoms with Gasteiger partial charge in [-0.2, -0.15) is 4.37 Å². The van der Waals surface area contributed by atoms with Gasteiger partial charge in [0.2, 0.25) is 5.13 Å². The molecule has 0 radical (unpaired) electrons. The molecule has 4 nitrogen and oxygen atoms in total. The quantitative estimate of drug-likeness (QED) is 0.874. The molecule has 1 aliphatic rings. The molecule has 0 amide bonds. The summed E-state index contributed by atoms with van der Waals surface area (Å²) in [4.78, 5) is 6.81. The topological polar surface area (TPSA) is 41.1 Å². The Morgan fingerprint density at radius 3 is 2.81 bits per heavy atom. The van der Waals surface area contributed by atoms with E-state index in [9.17, 15) is 0 Å². The first-order valence-corrected chi connectivity index (χ1v) is 6.78. The second kappa shape index (κ2) is 5.59. The number of rotatable bonds is 4. The average molecular weight is 240 g/mol. The molecule has 1 aromatic rings. The first-order chi connectivity index (χ1) is 7.74. The van der Waals surface area contributed by atoms with Crippen LogP contribution in [0.5, 0.6) is 0 Å². The molecule has 0 saturated carbocycles. The standard InChI is InChI=1S/C11H20N4S/c1-9-3-6-15(7-4-9)8-5-12-11-13-10(2)14-16-11/h9H,3-8H2,1-2H3,(H,12,13,14). The highest BCUT2D eigenvalue weighted by atomic mass is 32.1. The van der Waals surface area contributed by atoms with Gasteiger partial charge in [-0.05, 0) is 38.8 Å². The molecule has 1 saturated heterocycles. The van der Waals surface area contributed by atoms with Crippen LogP contribution < -0.4 is 5.32 Å². The van der Waals surface area contributed by atoms with Gasteiger partial charge in [-0.25, -0.2) is 4.98 Å². The van der Waals surface area contributed by atoms with Gasteiger partial charge in [0, 0.05) is 24.6 Å². The zero-order chi connectivity index (χ0) is 11.4. The molecule has 1 N–H and O–H groups in total. The van der Waals surface area contributed by atoms with Gasteiger partial charge in [0.05, 0.1) is 0 Å². The van der Waals surface area contributed by atoms with Crippen LogP contribution in [0.3, 0.4) is 0 Å². The second-order valence-corrected chi connectivity index (χ2v) is 5.35. The summed E-state index contributed by atoms with van der Waals surface area (Å²) in [5.74, 6) is 1.77. The van der Waals surface area contributed by atoms with Crippen molar-refractivity contribution in [2.24, 2.45) is 5.92 Å². The summed E-state index contributed by atoms with van der Waals surface area (Å²) in [6.07, 6.45) is 2.69. The summed E-state index contributed by atoms with van der Waals surface area (Å²) in [5.41, 5.74) is 0. The second-order valence-electron chi connectivity index (χ2n) is 4.60. The van der Waals surface area contributed by atoms with E-state index in [1.807, 2.05) is 6.92 Å². The molecule has 0 unspecified atom stereocenters. The molecule has 0 atom stereocenters. The SMILES string of the molecule is Cc1nsc(NCCN2CCC(C)CC2)n1. The van der Waals surface area contributed by atoms with Crippen molar-refractivity contribution in [1.29, 1.82) is 0 Å². The molecule has 0 spiro atoms. The number of piperidine rings is 1. The van der Waals surface area contributed by atoms with E-state index in [1.165, 1.54) is 37.5 Å². The Balaban J connectivity index is 1.64. The fourth-order valence-corrected chi connectivity index (χ4v) is 2.57. The van der Waals surface area contributed by atoms with E-state index < -0.39 is 0 Å². The lowest BCUT2D eigenvalue weighted by atomic mass is 9.99. The third-order valence-corrected chi connectivity index (χ3v) is 3.87. The molecule has 16 heavy (non-hydrogen) atoms. The molecular weight excluding hydrogens is 220 g/mol. The normalized spacial score (nSPS) is 18.9. The molecule has 1 aromatic heterocycles. The monoisotopic (exact) mass is 240 g/mol. The van der Waals surface area contributed by atoms with Crippen LogP contribution in [0.1, 0.15) is 25.6 Å². The van der Waals surface area contributed by atoms with Crippen LogP contribution in [0, 0.1) is 12.8 Å². The molecule has 1 aliphatic heterocycles. The van der Waals surface area contributed by atoms with E-state index in [0.29, 0.717) is 0 Å². The fourth-order valence-electron chi connectivity index (χ4n) is 1.98. The van der Waals surface area contributed by atoms with Crippen LogP contribution in [-0.2, 0) is 0 Å². The maximum absolute atomic E-state index is 4.28. The Hall–Kier alpha value is -0.680. The van der Waals surface area contributed by atoms with Gasteiger partial charge in [-0.3, -0.25) is 0 Å². The van der Waals surface area contributed by atoms with Crippen molar-refractivity contribution in [3.63, 3.8) is 0 Å². The van der Waals surface area contributed by atoms with Crippen molar-refractivity contribution in [3.8, 4) is 0 Å². The molecule has 0 aromatic carbocycles. The van der Waals surface area contributed by atoms with Crippen LogP contribution in [0.15, 0.2) is 0 Å². The van der Waals surface area contributed by atoms with Crippen molar-refractivity contribution in [1.82, 2.24) is 14.3 Å². The van der Waals surface area contributed by atoms with E-state index in [2.05, 4.69) is 26.5 Å². The van der Waals surface area contributed by atoms with E-state index in [0.717, 1.165) is 30.0 Å². The number of aryl methyl sites for hydroxylation is 1. The zero-order valence-corrected chi connectivity index (χ0v) is 10.9. The number of anilines is 1. The molecular formula is C11H20N4S. The van der Waals surface area contributed by atoms with Crippen molar-refractivity contribution >= 4 is 16.7 Å². The number of nitrogens with one attached hydrogen (secondary N) is 1. The average Bonchev–Trinajstić information content (AvgIpc) is 2.67. The Morgan fingerprint density at radius 2 is 2.19 bits per heavy atom. The van der Waals surface area contributed by atoms with Crippen LogP contribution in [0.4, 0.5) is 5.13 Å². The van der Waals surface area contributed by atoms with Crippen molar-refractivity contribution in [2.75, 3.05) is 31.5 Å². The zero-order valence-electron chi connectivity index (χ0n) is 10.1. The predicted molar refractivity (Wildman–Crippen MR) is 68.0 cm³/mol. The minimum absolute atomic E-state index is 0.860. The molecule has 2 rings (SSSR count). The maximum Gasteiger partial charge on any atom is 0.202 e. The number of hydrogen-bond donors (Lipinski definition) is 1. The number of likely N-dealkylation sites (tertiary alicyclic amines) is 1. The Kier molecular flexibility index (Phi) is 4.12. The molecule has 90 valence electrons. The van der Waals surface area contributed by atoms with Gasteiger partial charge in [-0.15, -0.1) is 0 Å². The van der Waals surface area contributed by atoms with Gasteiger partial charge >= 0.3 is 0 Å². The first-order valence-electron chi connectivity index (χ1n) is 6.00. The summed E-state index contributed by atoms with van der Waals surface area (Å²) in [7, 11) is 0. The minimum Gasteiger partial charge on any atom is -0.359 e. The van der Waals surface area contributed by atoms with Gasteiger partial charge in [0.25, 0.3) is 0 Å². The van der Waals surface area contributed by atoms with Gasteiger partial charge in [0.15, 0.2) is 0 Å². The van der Waals surface area contributed by atoms with E-state index in [4.69, 9.17) is 0 Å². The number of hydrogen-bond acceptors (Lipinski definition) is 5. The van der Waals surface area contributed by atoms with E-state index in [-0.39, 0.29) is 0 Å². The highest BCUT2D eigenvalue weighted by Gasteiger charge is 2.14. The summed E-state index contributed by atoms with van der Waals surface area (Å²) >= 11 is 1.45. The lowest BCUT2D eigenvalue weighted by Gasteiger charge is -2.29. The highest BCUT2D eigenvalue weighted by Crippen LogP contribution is 2.15. The third kappa shape index (κ3) is 3.42. The lowest BCUT2D eigenvalue weighted by molar-refractivity contribution is 0.199. The van der Waals surface area contributed by atoms with Crippen molar-refractivity contribution < 1.29 is 0 Å². The van der Waals surface area contributed by atoms with Gasteiger partial charge in [-0.1, -0.05) is 6.92 Å². The smallest absolute Gasteiger partial charge is 0.202 e. The predicted octanol–water partition coefficient (Wildman–Crippen LogP) is 1.99. The summed E-state index contributed by atoms with van der Waals surface area (Å²) in [5, 5.41) is 4.27. The van der Waals surface area contributed by atoms with Crippen LogP contribution >= 0.6 is 11.5 Å². The molecule has 5 heteroatoms. The van der Waals surface area contributed by atoms with Crippen LogP contribution in [-0.4, -0.2) is 40.4 Å². The summed E-state index contributed by atoms with van der Waals surface area (Å²) in [6.45, 7) is 8.86. The van der Waals surface area contributed by atoms with Gasteiger partial charge in [0.1, 0.15) is 5.82 Å². The Bertz CT molecular complexity index is 318. The van der Waals surface area contributed by atoms with E-state index >= 15 is 0 Å². The van der Waals surface area contributed by atoms with Gasteiger partial charge < -0.3 is 10.2 Å². The van der Waals surface area contributed by atoms with E-state index in [1.54, 1.807) is 0 Å². The van der Waals surface area contributed by atoms with Crippen LogP contribution in [0.25, 0.3) is 0 Å². The maximum atomic E-state index is 4.28. The number of nitrogens with zero attached hydrogens (tertiary/aromatic N) is 3. The molecule has 2 heterocycles. The molecule has 0 aliphatic carbocycles. The minimum atomic E-state index is 0.860.